The third-order valence-electron chi connectivity index (χ3n) is 6.81. The van der Waals surface area contributed by atoms with E-state index < -0.39 is 0 Å². The first kappa shape index (κ1) is 23.0. The van der Waals surface area contributed by atoms with Gasteiger partial charge in [0.2, 0.25) is 0 Å². The number of para-hydroxylation sites is 1. The number of hydrogen-bond donors (Lipinski definition) is 0. The van der Waals surface area contributed by atoms with Crippen LogP contribution in [0.4, 0.5) is 17.1 Å². The summed E-state index contributed by atoms with van der Waals surface area (Å²) < 4.78 is 0. The number of nitrogens with zero attached hydrogens (tertiary/aromatic N) is 3. The van der Waals surface area contributed by atoms with Gasteiger partial charge < -0.3 is 4.90 Å². The Kier molecular flexibility index (Phi) is 6.02. The molecular formula is C32H33N3. The van der Waals surface area contributed by atoms with Gasteiger partial charge in [0, 0.05) is 36.3 Å². The van der Waals surface area contributed by atoms with Crippen LogP contribution in [0.3, 0.4) is 0 Å². The zero-order chi connectivity index (χ0) is 24.7. The molecule has 0 atom stereocenters. The fourth-order valence-electron chi connectivity index (χ4n) is 4.92. The topological polar surface area (TPSA) is 28.0 Å². The van der Waals surface area contributed by atoms with Crippen molar-refractivity contribution in [3.63, 3.8) is 0 Å². The van der Waals surface area contributed by atoms with Crippen LogP contribution in [-0.4, -0.2) is 25.5 Å². The first-order chi connectivity index (χ1) is 16.8. The molecule has 1 aliphatic rings. The van der Waals surface area contributed by atoms with Gasteiger partial charge in [0.1, 0.15) is 0 Å². The lowest BCUT2D eigenvalue weighted by atomic mass is 9.92. The van der Waals surface area contributed by atoms with Gasteiger partial charge in [0.25, 0.3) is 0 Å². The van der Waals surface area contributed by atoms with Gasteiger partial charge in [-0.1, -0.05) is 82.3 Å². The fraction of sp³-hybridized carbons (Fsp3) is 0.250. The van der Waals surface area contributed by atoms with Gasteiger partial charge in [-0.2, -0.15) is 0 Å². The number of anilines is 1. The van der Waals surface area contributed by atoms with E-state index in [2.05, 4.69) is 126 Å². The van der Waals surface area contributed by atoms with Crippen LogP contribution >= 0.6 is 0 Å². The highest BCUT2D eigenvalue weighted by molar-refractivity contribution is 6.61. The van der Waals surface area contributed by atoms with Crippen molar-refractivity contribution in [2.45, 2.75) is 39.5 Å². The van der Waals surface area contributed by atoms with Gasteiger partial charge in [0.15, 0.2) is 0 Å². The van der Waals surface area contributed by atoms with E-state index in [1.807, 2.05) is 0 Å². The summed E-state index contributed by atoms with van der Waals surface area (Å²) in [5.74, 6) is 0.762. The van der Waals surface area contributed by atoms with Crippen LogP contribution in [-0.2, 0) is 0 Å². The monoisotopic (exact) mass is 459 g/mol. The summed E-state index contributed by atoms with van der Waals surface area (Å²) in [6.45, 7) is 8.98. The van der Waals surface area contributed by atoms with E-state index in [1.165, 1.54) is 21.9 Å². The summed E-state index contributed by atoms with van der Waals surface area (Å²) in [4.78, 5) is 12.7. The molecule has 3 nitrogen and oxygen atoms in total. The highest BCUT2D eigenvalue weighted by atomic mass is 15.1. The first-order valence-corrected chi connectivity index (χ1v) is 12.5. The molecule has 35 heavy (non-hydrogen) atoms. The largest absolute Gasteiger partial charge is 0.378 e. The van der Waals surface area contributed by atoms with E-state index >= 15 is 0 Å². The average molecular weight is 460 g/mol. The second-order valence-electron chi connectivity index (χ2n) is 10.1. The molecule has 3 heteroatoms. The van der Waals surface area contributed by atoms with E-state index in [1.54, 1.807) is 0 Å². The molecule has 0 unspecified atom stereocenters. The molecule has 5 rings (SSSR count). The zero-order valence-corrected chi connectivity index (χ0v) is 21.5. The first-order valence-electron chi connectivity index (χ1n) is 12.5. The van der Waals surface area contributed by atoms with E-state index in [-0.39, 0.29) is 0 Å². The number of rotatable bonds is 5. The van der Waals surface area contributed by atoms with Crippen molar-refractivity contribution in [2.75, 3.05) is 19.0 Å². The summed E-state index contributed by atoms with van der Waals surface area (Å²) in [5.41, 5.74) is 9.97. The predicted octanol–water partition coefficient (Wildman–Crippen LogP) is 8.41. The van der Waals surface area contributed by atoms with E-state index in [0.717, 1.165) is 39.6 Å². The summed E-state index contributed by atoms with van der Waals surface area (Å²) in [5, 5.41) is 2.47. The fourth-order valence-corrected chi connectivity index (χ4v) is 4.92. The Morgan fingerprint density at radius 1 is 0.600 bits per heavy atom. The molecule has 0 aliphatic heterocycles. The third kappa shape index (κ3) is 4.16. The highest BCUT2D eigenvalue weighted by Gasteiger charge is 2.28. The van der Waals surface area contributed by atoms with Crippen molar-refractivity contribution in [2.24, 2.45) is 9.98 Å². The molecule has 0 bridgehead atoms. The molecule has 0 heterocycles. The standard InChI is InChI=1S/C32H33N3/c1-20(2)25-12-9-13-26(21(3)4)30(25)34-32-28-15-8-11-22-10-7-14-27(29(22)28)31(32)33-23-16-18-24(19-17-23)35(5)6/h7-21H,1-6H3. The van der Waals surface area contributed by atoms with Crippen LogP contribution in [0.5, 0.6) is 0 Å². The Balaban J connectivity index is 1.78. The van der Waals surface area contributed by atoms with Gasteiger partial charge in [-0.3, -0.25) is 0 Å². The number of hydrogen-bond acceptors (Lipinski definition) is 3. The van der Waals surface area contributed by atoms with Crippen LogP contribution in [0.25, 0.3) is 10.8 Å². The van der Waals surface area contributed by atoms with Gasteiger partial charge in [-0.15, -0.1) is 0 Å². The Labute approximate surface area is 208 Å². The minimum absolute atomic E-state index is 0.381. The smallest absolute Gasteiger partial charge is 0.0979 e. The lowest BCUT2D eigenvalue weighted by molar-refractivity contribution is 0.835. The van der Waals surface area contributed by atoms with Crippen LogP contribution in [0.2, 0.25) is 0 Å². The van der Waals surface area contributed by atoms with E-state index in [4.69, 9.17) is 9.98 Å². The number of aliphatic imine (C=N–C) groups is 2. The SMILES string of the molecule is CC(C)c1cccc(C(C)C)c1N=C1C(=Nc2ccc(N(C)C)cc2)c2cccc3cccc1c23. The molecule has 1 aliphatic carbocycles. The van der Waals surface area contributed by atoms with Crippen LogP contribution in [0.15, 0.2) is 88.8 Å². The Hall–Kier alpha value is -3.72. The predicted molar refractivity (Wildman–Crippen MR) is 152 cm³/mol. The molecule has 0 saturated heterocycles. The van der Waals surface area contributed by atoms with E-state index in [0.29, 0.717) is 11.8 Å². The maximum Gasteiger partial charge on any atom is 0.0979 e. The summed E-state index contributed by atoms with van der Waals surface area (Å²) in [7, 11) is 4.11. The lowest BCUT2D eigenvalue weighted by Gasteiger charge is -2.17. The second kappa shape index (κ2) is 9.14. The summed E-state index contributed by atoms with van der Waals surface area (Å²) in [6.07, 6.45) is 0. The molecule has 0 amide bonds. The molecule has 0 radical (unpaired) electrons. The third-order valence-corrected chi connectivity index (χ3v) is 6.81. The van der Waals surface area contributed by atoms with Crippen molar-refractivity contribution < 1.29 is 0 Å². The molecule has 0 N–H and O–H groups in total. The molecule has 0 aromatic heterocycles. The molecule has 0 spiro atoms. The normalized spacial score (nSPS) is 15.2. The quantitative estimate of drug-likeness (QED) is 0.294. The van der Waals surface area contributed by atoms with Crippen molar-refractivity contribution >= 4 is 39.3 Å². The Morgan fingerprint density at radius 3 is 1.63 bits per heavy atom. The van der Waals surface area contributed by atoms with E-state index in [9.17, 15) is 0 Å². The molecule has 0 saturated carbocycles. The highest BCUT2D eigenvalue weighted by Crippen LogP contribution is 2.39. The summed E-state index contributed by atoms with van der Waals surface area (Å²) >= 11 is 0. The van der Waals surface area contributed by atoms with Crippen molar-refractivity contribution in [3.05, 3.63) is 101 Å². The van der Waals surface area contributed by atoms with Crippen LogP contribution < -0.4 is 4.90 Å². The maximum atomic E-state index is 5.44. The van der Waals surface area contributed by atoms with Gasteiger partial charge in [-0.05, 0) is 52.6 Å². The van der Waals surface area contributed by atoms with Gasteiger partial charge in [0.05, 0.1) is 22.8 Å². The average Bonchev–Trinajstić information content (AvgIpc) is 3.13. The van der Waals surface area contributed by atoms with Gasteiger partial charge >= 0.3 is 0 Å². The molecule has 176 valence electrons. The second-order valence-corrected chi connectivity index (χ2v) is 10.1. The van der Waals surface area contributed by atoms with Crippen molar-refractivity contribution in [3.8, 4) is 0 Å². The summed E-state index contributed by atoms with van der Waals surface area (Å²) in [6, 6.07) is 28.0. The minimum atomic E-state index is 0.381. The van der Waals surface area contributed by atoms with Crippen molar-refractivity contribution in [1.29, 1.82) is 0 Å². The maximum absolute atomic E-state index is 5.44. The van der Waals surface area contributed by atoms with Crippen molar-refractivity contribution in [1.82, 2.24) is 0 Å². The number of benzene rings is 4. The molecule has 0 fully saturated rings. The molecule has 4 aromatic rings. The zero-order valence-electron chi connectivity index (χ0n) is 21.5. The lowest BCUT2D eigenvalue weighted by Crippen LogP contribution is -2.11. The molecule has 4 aromatic carbocycles. The van der Waals surface area contributed by atoms with Crippen LogP contribution in [0.1, 0.15) is 61.8 Å². The Bertz CT molecular complexity index is 1420. The van der Waals surface area contributed by atoms with Gasteiger partial charge in [-0.25, -0.2) is 9.98 Å². The van der Waals surface area contributed by atoms with Crippen LogP contribution in [0, 0.1) is 0 Å². The minimum Gasteiger partial charge on any atom is -0.378 e. The molecular weight excluding hydrogens is 426 g/mol. The Morgan fingerprint density at radius 2 is 1.11 bits per heavy atom.